The largest absolute Gasteiger partial charge is 0.481 e. The number of ether oxygens (including phenoxy) is 1. The summed E-state index contributed by atoms with van der Waals surface area (Å²) in [5.74, 6) is -5.39. The van der Waals surface area contributed by atoms with Gasteiger partial charge in [-0.25, -0.2) is 0 Å². The zero-order valence-electron chi connectivity index (χ0n) is 41.6. The van der Waals surface area contributed by atoms with E-state index >= 15 is 0 Å². The standard InChI is InChI=1S/C51H73BN6O12/c1-29(2)42(56-46(64)36(23-24-40(59)60)54-45(63)35(53)27-41(61)62)48(66)57-43(30(3)4)49(67)58-25-13-17-37(58)47(65)55-39(52-69-38-26-32-28-51(7,44(38)70-52)50(32,5)6)18-12-11-14-31-19-21-34(22-20-31)68-33-15-9-8-10-16-33/h8-10,15-16,19-22,29-30,32,35-39,42-44H,11-14,17-18,23-28,53H2,1-7H3,(H,54,63)(H,55,65)(H,56,64)(H,57,66)(H,59,60)(H,61,62)/t32-,35+,36+,37+,38-,39+,42+,43+,44-,51-/m1/s1. The monoisotopic (exact) mass is 973 g/mol. The number of unbranched alkanes of at least 4 members (excludes halogenated alkanes) is 1. The number of carbonyl (C=O) groups excluding carboxylic acids is 5. The molecule has 70 heavy (non-hydrogen) atoms. The number of benzene rings is 2. The normalized spacial score (nSPS) is 24.3. The molecule has 0 unspecified atom stereocenters. The highest BCUT2D eigenvalue weighted by atomic mass is 16.7. The number of aliphatic carboxylic acids is 2. The molecule has 3 saturated carbocycles. The molecule has 0 radical (unpaired) electrons. The van der Waals surface area contributed by atoms with Gasteiger partial charge in [-0.05, 0) is 104 Å². The quantitative estimate of drug-likeness (QED) is 0.0570. The number of rotatable bonds is 24. The molecule has 0 aromatic heterocycles. The lowest BCUT2D eigenvalue weighted by Crippen LogP contribution is -2.66. The first kappa shape index (κ1) is 53.8. The molecule has 8 N–H and O–H groups in total. The fraction of sp³-hybridized carbons (Fsp3) is 0.627. The second kappa shape index (κ2) is 23.1. The van der Waals surface area contributed by atoms with Crippen LogP contribution in [0.1, 0.15) is 118 Å². The van der Waals surface area contributed by atoms with E-state index in [9.17, 15) is 38.7 Å². The molecule has 2 aromatic rings. The number of carboxylic acid groups (broad SMARTS) is 2. The highest BCUT2D eigenvalue weighted by molar-refractivity contribution is 6.47. The third-order valence-electron chi connectivity index (χ3n) is 15.4. The third kappa shape index (κ3) is 12.7. The summed E-state index contributed by atoms with van der Waals surface area (Å²) >= 11 is 0. The number of carbonyl (C=O) groups is 7. The summed E-state index contributed by atoms with van der Waals surface area (Å²) in [5, 5.41) is 29.4. The fourth-order valence-electron chi connectivity index (χ4n) is 10.7. The van der Waals surface area contributed by atoms with Gasteiger partial charge in [0.25, 0.3) is 0 Å². The molecule has 2 aromatic carbocycles. The van der Waals surface area contributed by atoms with E-state index in [1.807, 2.05) is 42.5 Å². The molecule has 10 atom stereocenters. The van der Waals surface area contributed by atoms with Crippen LogP contribution in [0.15, 0.2) is 54.6 Å². The SMILES string of the molecule is CC(C)[C@H](NC(=O)[C@H](CCC(=O)O)NC(=O)[C@@H](N)CC(=O)O)C(=O)N[C@H](C(=O)N1CCC[C@H]1C(=O)N[C@@H](CCCCc1ccc(Oc2ccccc2)cc1)B1O[C@@H]2[C@@H](C[C@@H]3C[C@@]2(C)C3(C)C)O1)C(C)C. The van der Waals surface area contributed by atoms with Gasteiger partial charge in [-0.2, -0.15) is 0 Å². The van der Waals surface area contributed by atoms with Gasteiger partial charge in [0.05, 0.1) is 30.6 Å². The molecule has 5 fully saturated rings. The molecule has 18 nitrogen and oxygen atoms in total. The first-order valence-electron chi connectivity index (χ1n) is 24.9. The van der Waals surface area contributed by atoms with E-state index in [1.54, 1.807) is 27.7 Å². The van der Waals surface area contributed by atoms with E-state index in [4.69, 9.17) is 24.9 Å². The summed E-state index contributed by atoms with van der Waals surface area (Å²) in [6.45, 7) is 14.0. The zero-order valence-corrected chi connectivity index (χ0v) is 41.6. The number of hydrogen-bond acceptors (Lipinski definition) is 11. The van der Waals surface area contributed by atoms with E-state index in [2.05, 4.69) is 54.2 Å². The van der Waals surface area contributed by atoms with E-state index in [0.29, 0.717) is 25.2 Å². The van der Waals surface area contributed by atoms with Gasteiger partial charge in [-0.1, -0.05) is 85.2 Å². The lowest BCUT2D eigenvalue weighted by molar-refractivity contribution is -0.220. The number of nitrogens with one attached hydrogen (secondary N) is 4. The third-order valence-corrected chi connectivity index (χ3v) is 15.4. The van der Waals surface area contributed by atoms with Crippen LogP contribution >= 0.6 is 0 Å². The number of nitrogens with two attached hydrogens (primary N) is 1. The van der Waals surface area contributed by atoms with Gasteiger partial charge in [0.15, 0.2) is 0 Å². The van der Waals surface area contributed by atoms with Crippen LogP contribution in [-0.2, 0) is 49.3 Å². The van der Waals surface area contributed by atoms with Crippen molar-refractivity contribution in [3.8, 4) is 11.5 Å². The van der Waals surface area contributed by atoms with Gasteiger partial charge < -0.3 is 56.2 Å². The smallest absolute Gasteiger partial charge is 0.481 e. The molecule has 5 amide bonds. The van der Waals surface area contributed by atoms with Crippen molar-refractivity contribution >= 4 is 48.6 Å². The first-order valence-corrected chi connectivity index (χ1v) is 24.9. The number of carboxylic acids is 2. The first-order chi connectivity index (χ1) is 33.1. The predicted octanol–water partition coefficient (Wildman–Crippen LogP) is 4.37. The van der Waals surface area contributed by atoms with Crippen molar-refractivity contribution in [3.63, 3.8) is 0 Å². The molecule has 19 heteroatoms. The number of para-hydroxylation sites is 1. The minimum atomic E-state index is -1.51. The fourth-order valence-corrected chi connectivity index (χ4v) is 10.7. The maximum absolute atomic E-state index is 14.5. The summed E-state index contributed by atoms with van der Waals surface area (Å²) in [5.41, 5.74) is 6.89. The lowest BCUT2D eigenvalue weighted by Gasteiger charge is -2.67. The summed E-state index contributed by atoms with van der Waals surface area (Å²) in [7, 11) is -0.671. The molecule has 5 aliphatic rings. The minimum Gasteiger partial charge on any atom is -0.481 e. The summed E-state index contributed by atoms with van der Waals surface area (Å²) < 4.78 is 19.5. The Bertz CT molecular complexity index is 2200. The zero-order chi connectivity index (χ0) is 51.1. The maximum Gasteiger partial charge on any atom is 0.481 e. The molecule has 382 valence electrons. The Hall–Kier alpha value is -5.53. The second-order valence-electron chi connectivity index (χ2n) is 21.1. The summed E-state index contributed by atoms with van der Waals surface area (Å²) in [6.07, 6.45) is 4.13. The Kier molecular flexibility index (Phi) is 17.8. The Morgan fingerprint density at radius 3 is 2.09 bits per heavy atom. The van der Waals surface area contributed by atoms with Crippen molar-refractivity contribution in [1.29, 1.82) is 0 Å². The average Bonchev–Trinajstić information content (AvgIpc) is 3.99. The topological polar surface area (TPSA) is 265 Å². The van der Waals surface area contributed by atoms with Gasteiger partial charge in [-0.15, -0.1) is 0 Å². The van der Waals surface area contributed by atoms with E-state index in [1.165, 1.54) is 4.90 Å². The minimum absolute atomic E-state index is 0.0575. The van der Waals surface area contributed by atoms with Gasteiger partial charge in [0.2, 0.25) is 29.5 Å². The number of amides is 5. The van der Waals surface area contributed by atoms with Crippen LogP contribution in [0.25, 0.3) is 0 Å². The molecule has 0 spiro atoms. The van der Waals surface area contributed by atoms with Crippen LogP contribution in [0.2, 0.25) is 0 Å². The molecule has 2 aliphatic heterocycles. The number of likely N-dealkylation sites (tertiary alicyclic amines) is 1. The van der Waals surface area contributed by atoms with Crippen LogP contribution in [-0.4, -0.2) is 119 Å². The Labute approximate surface area is 411 Å². The van der Waals surface area contributed by atoms with E-state index < -0.39 is 104 Å². The number of nitrogens with zero attached hydrogens (tertiary/aromatic N) is 1. The van der Waals surface area contributed by atoms with Crippen LogP contribution in [0.3, 0.4) is 0 Å². The van der Waals surface area contributed by atoms with Gasteiger partial charge in [0, 0.05) is 18.4 Å². The second-order valence-corrected chi connectivity index (χ2v) is 21.1. The molecule has 2 saturated heterocycles. The van der Waals surface area contributed by atoms with E-state index in [0.717, 1.165) is 49.2 Å². The maximum atomic E-state index is 14.5. The van der Waals surface area contributed by atoms with Crippen LogP contribution in [0.5, 0.6) is 11.5 Å². The van der Waals surface area contributed by atoms with Crippen molar-refractivity contribution in [1.82, 2.24) is 26.2 Å². The molecule has 2 heterocycles. The molecular weight excluding hydrogens is 899 g/mol. The van der Waals surface area contributed by atoms with Gasteiger partial charge in [-0.3, -0.25) is 33.6 Å². The highest BCUT2D eigenvalue weighted by Gasteiger charge is 2.69. The highest BCUT2D eigenvalue weighted by Crippen LogP contribution is 2.69. The average molecular weight is 973 g/mol. The summed E-state index contributed by atoms with van der Waals surface area (Å²) in [6, 6.07) is 11.5. The van der Waals surface area contributed by atoms with E-state index in [-0.39, 0.29) is 41.9 Å². The number of aryl methyl sites for hydroxylation is 1. The molecule has 3 aliphatic carbocycles. The van der Waals surface area contributed by atoms with Crippen LogP contribution in [0, 0.1) is 28.6 Å². The molecular formula is C51H73BN6O12. The Morgan fingerprint density at radius 2 is 1.46 bits per heavy atom. The van der Waals surface area contributed by atoms with Crippen LogP contribution < -0.4 is 31.7 Å². The number of hydrogen-bond donors (Lipinski definition) is 7. The van der Waals surface area contributed by atoms with Crippen molar-refractivity contribution in [2.24, 2.45) is 34.3 Å². The van der Waals surface area contributed by atoms with Gasteiger partial charge >= 0.3 is 19.1 Å². The molecule has 2 bridgehead atoms. The van der Waals surface area contributed by atoms with Crippen molar-refractivity contribution < 1.29 is 57.8 Å². The van der Waals surface area contributed by atoms with Gasteiger partial charge in [0.1, 0.15) is 35.7 Å². The Balaban J connectivity index is 1.11. The summed E-state index contributed by atoms with van der Waals surface area (Å²) in [4.78, 5) is 93.3. The molecule has 7 rings (SSSR count). The van der Waals surface area contributed by atoms with Crippen molar-refractivity contribution in [2.75, 3.05) is 6.54 Å². The Morgan fingerprint density at radius 1 is 0.800 bits per heavy atom. The van der Waals surface area contributed by atoms with Crippen molar-refractivity contribution in [2.45, 2.75) is 167 Å². The van der Waals surface area contributed by atoms with Crippen molar-refractivity contribution in [3.05, 3.63) is 60.2 Å². The predicted molar refractivity (Wildman–Crippen MR) is 260 cm³/mol. The van der Waals surface area contributed by atoms with Crippen LogP contribution in [0.4, 0.5) is 0 Å². The lowest BCUT2D eigenvalue weighted by atomic mass is 9.39.